The number of hydrogen-bond donors (Lipinski definition) is 3. The maximum absolute atomic E-state index is 13.8. The van der Waals surface area contributed by atoms with Crippen LogP contribution in [0.1, 0.15) is 39.0 Å². The summed E-state index contributed by atoms with van der Waals surface area (Å²) in [6, 6.07) is 0. The summed E-state index contributed by atoms with van der Waals surface area (Å²) in [5.41, 5.74) is -5.10. The molecule has 3 N–H and O–H groups in total. The molecule has 13 heteroatoms. The molecule has 5 nitrogen and oxygen atoms in total. The van der Waals surface area contributed by atoms with Crippen molar-refractivity contribution in [2.45, 2.75) is 70.2 Å². The van der Waals surface area contributed by atoms with E-state index in [1.54, 1.807) is 11.9 Å². The summed E-state index contributed by atoms with van der Waals surface area (Å²) < 4.78 is 92.4. The number of fused-ring (bicyclic) bond motifs is 1. The van der Waals surface area contributed by atoms with Crippen LogP contribution in [0, 0.1) is 29.6 Å². The second-order valence-electron chi connectivity index (χ2n) is 9.87. The van der Waals surface area contributed by atoms with E-state index < -0.39 is 91.0 Å². The summed E-state index contributed by atoms with van der Waals surface area (Å²) in [7, 11) is 0. The first kappa shape index (κ1) is 24.1. The number of ether oxygens (including phenoxy) is 1. The van der Waals surface area contributed by atoms with Crippen LogP contribution in [0.4, 0.5) is 26.3 Å². The van der Waals surface area contributed by atoms with Crippen LogP contribution in [0.3, 0.4) is 0 Å². The first-order valence-electron chi connectivity index (χ1n) is 10.5. The molecule has 4 saturated carbocycles. The van der Waals surface area contributed by atoms with E-state index in [4.69, 9.17) is 4.74 Å². The van der Waals surface area contributed by atoms with Crippen LogP contribution in [0.5, 0.6) is 0 Å². The summed E-state index contributed by atoms with van der Waals surface area (Å²) in [5, 5.41) is 10.2. The molecule has 0 radical (unpaired) electrons. The summed E-state index contributed by atoms with van der Waals surface area (Å²) in [6.07, 6.45) is -12.0. The van der Waals surface area contributed by atoms with Gasteiger partial charge in [-0.05, 0) is 0 Å². The molecule has 2 aliphatic heterocycles. The Hall–Kier alpha value is 0.390. The molecule has 0 aromatic heterocycles. The predicted octanol–water partition coefficient (Wildman–Crippen LogP) is 0.500. The van der Waals surface area contributed by atoms with Crippen molar-refractivity contribution in [3.8, 4) is 0 Å². The molecule has 186 valence electrons. The molecule has 7 atom stereocenters. The van der Waals surface area contributed by atoms with Gasteiger partial charge < -0.3 is 0 Å². The molecule has 6 fully saturated rings. The minimum atomic E-state index is -6.03. The van der Waals surface area contributed by atoms with Crippen molar-refractivity contribution in [1.82, 2.24) is 7.06 Å². The van der Waals surface area contributed by atoms with Gasteiger partial charge in [-0.3, -0.25) is 0 Å². The third kappa shape index (κ3) is 3.21. The van der Waals surface area contributed by atoms with Crippen LogP contribution < -0.4 is 28.3 Å². The van der Waals surface area contributed by atoms with E-state index >= 15 is 0 Å². The number of alkyl halides is 9. The van der Waals surface area contributed by atoms with Crippen molar-refractivity contribution in [3.63, 3.8) is 0 Å². The van der Waals surface area contributed by atoms with Crippen molar-refractivity contribution < 1.29 is 62.2 Å². The molecule has 6 rings (SSSR count). The van der Waals surface area contributed by atoms with Gasteiger partial charge in [-0.2, -0.15) is 0 Å². The third-order valence-electron chi connectivity index (χ3n) is 8.38. The van der Waals surface area contributed by atoms with Gasteiger partial charge in [-0.25, -0.2) is 0 Å². The summed E-state index contributed by atoms with van der Waals surface area (Å²) in [4.78, 5) is 14.9. The molecular weight excluding hydrogens is 672 g/mol. The van der Waals surface area contributed by atoms with E-state index in [2.05, 4.69) is 7.06 Å². The Kier molecular flexibility index (Phi) is 5.43. The van der Waals surface area contributed by atoms with Gasteiger partial charge in [0.2, 0.25) is 0 Å². The Bertz CT molecular complexity index is 802. The Morgan fingerprint density at radius 3 is 2.16 bits per heavy atom. The fraction of sp³-hybridized carbons (Fsp3) is 0.947. The van der Waals surface area contributed by atoms with Crippen LogP contribution in [-0.2, 0) is 9.53 Å². The molecule has 0 amide bonds. The van der Waals surface area contributed by atoms with E-state index in [0.29, 0.717) is 11.8 Å². The van der Waals surface area contributed by atoms with Gasteiger partial charge in [0.15, 0.2) is 0 Å². The molecule has 6 aliphatic rings. The summed E-state index contributed by atoms with van der Waals surface area (Å²) in [5.74, 6) is -0.608. The molecule has 0 aromatic rings. The predicted molar refractivity (Wildman–Crippen MR) is 105 cm³/mol. The van der Waals surface area contributed by atoms with Crippen molar-refractivity contribution in [2.24, 2.45) is 29.6 Å². The second-order valence-corrected chi connectivity index (χ2v) is 17.4. The third-order valence-corrected chi connectivity index (χ3v) is 17.7. The van der Waals surface area contributed by atoms with Gasteiger partial charge in [0.1, 0.15) is 0 Å². The van der Waals surface area contributed by atoms with Gasteiger partial charge in [0.25, 0.3) is 0 Å². The summed E-state index contributed by atoms with van der Waals surface area (Å²) >= 11 is -2.64. The first-order valence-corrected chi connectivity index (χ1v) is 17.0. The van der Waals surface area contributed by atoms with Crippen LogP contribution in [0.25, 0.3) is 0 Å². The topological polar surface area (TPSA) is 90.4 Å². The molecule has 7 unspecified atom stereocenters. The van der Waals surface area contributed by atoms with E-state index in [0.717, 1.165) is 25.7 Å². The average Bonchev–Trinajstić information content (AvgIpc) is 3.52. The molecule has 2 heterocycles. The zero-order valence-corrected chi connectivity index (χ0v) is 21.6. The monoisotopic (exact) mass is 697 g/mol. The SMILES string of the molecule is C[I-]C(C)(C(=O)OC(CC1C2CC3CC(C2)C1C3)C(O)(C(F)(F)F)C(F)(F)F)C12NI1N2. The van der Waals surface area contributed by atoms with Gasteiger partial charge in [-0.1, -0.05) is 0 Å². The normalized spacial score (nSPS) is 38.4. The van der Waals surface area contributed by atoms with Crippen molar-refractivity contribution >= 4 is 26.3 Å². The number of halogens is 8. The van der Waals surface area contributed by atoms with Crippen LogP contribution in [0.2, 0.25) is 0 Å². The van der Waals surface area contributed by atoms with E-state index in [1.165, 1.54) is 0 Å². The number of nitrogens with one attached hydrogen (secondary N) is 2. The summed E-state index contributed by atoms with van der Waals surface area (Å²) in [6.45, 7) is 1.55. The van der Waals surface area contributed by atoms with Crippen LogP contribution >= 0.6 is 20.4 Å². The van der Waals surface area contributed by atoms with Gasteiger partial charge in [0.05, 0.1) is 0 Å². The standard InChI is InChI=1S/C19H25F6I2N2O3/c1-15(26-2,19-27(28-19)29-19)14(30)32-13(16(31,17(20,21)22)18(23,24)25)7-12-10-4-8-3-9(6-10)11(12)5-8/h8-13,28-29,31H,3-7H2,1-2H3/q-1. The number of hydrogen-bond acceptors (Lipinski definition) is 5. The number of carbonyl (C=O) groups is 1. The fourth-order valence-corrected chi connectivity index (χ4v) is 16.8. The van der Waals surface area contributed by atoms with Crippen molar-refractivity contribution in [3.05, 3.63) is 0 Å². The molecule has 0 spiro atoms. The van der Waals surface area contributed by atoms with Gasteiger partial charge >= 0.3 is 200 Å². The molecule has 4 aliphatic carbocycles. The van der Waals surface area contributed by atoms with Crippen LogP contribution in [0.15, 0.2) is 0 Å². The van der Waals surface area contributed by atoms with E-state index in [9.17, 15) is 36.2 Å². The fourth-order valence-electron chi connectivity index (χ4n) is 6.49. The number of esters is 1. The number of carbonyl (C=O) groups excluding carboxylic acids is 1. The Balaban J connectivity index is 1.47. The average molecular weight is 697 g/mol. The molecule has 4 bridgehead atoms. The van der Waals surface area contributed by atoms with Gasteiger partial charge in [0, 0.05) is 0 Å². The van der Waals surface area contributed by atoms with E-state index in [1.807, 2.05) is 0 Å². The van der Waals surface area contributed by atoms with Crippen molar-refractivity contribution in [1.29, 1.82) is 0 Å². The van der Waals surface area contributed by atoms with Crippen molar-refractivity contribution in [2.75, 3.05) is 4.93 Å². The maximum atomic E-state index is 13.8. The molecule has 32 heavy (non-hydrogen) atoms. The Morgan fingerprint density at radius 2 is 1.69 bits per heavy atom. The molecular formula is C19H25F6I2N2O3-. The Morgan fingerprint density at radius 1 is 1.12 bits per heavy atom. The molecule has 0 aromatic carbocycles. The quantitative estimate of drug-likeness (QED) is 0.0687. The van der Waals surface area contributed by atoms with Gasteiger partial charge in [-0.15, -0.1) is 0 Å². The zero-order valence-electron chi connectivity index (χ0n) is 17.3. The zero-order chi connectivity index (χ0) is 23.5. The number of rotatable bonds is 7. The molecule has 2 saturated heterocycles. The Labute approximate surface area is 199 Å². The first-order chi connectivity index (χ1) is 14.7. The van der Waals surface area contributed by atoms with Crippen LogP contribution in [-0.4, -0.2) is 47.2 Å². The van der Waals surface area contributed by atoms with E-state index in [-0.39, 0.29) is 11.8 Å². The minimum absolute atomic E-state index is 0.0286. The number of aliphatic hydroxyl groups is 1. The second kappa shape index (κ2) is 7.21.